The van der Waals surface area contributed by atoms with Crippen LogP contribution in [0.5, 0.6) is 0 Å². The number of carbonyl (C=O) groups excluding carboxylic acids is 1. The molecule has 0 radical (unpaired) electrons. The van der Waals surface area contributed by atoms with Gasteiger partial charge in [0, 0.05) is 24.7 Å². The van der Waals surface area contributed by atoms with E-state index in [4.69, 9.17) is 0 Å². The summed E-state index contributed by atoms with van der Waals surface area (Å²) in [5.41, 5.74) is 0.503. The summed E-state index contributed by atoms with van der Waals surface area (Å²) in [6, 6.07) is 6.36. The number of amides is 1. The van der Waals surface area contributed by atoms with E-state index in [9.17, 15) is 13.2 Å². The van der Waals surface area contributed by atoms with Crippen LogP contribution in [-0.2, 0) is 10.0 Å². The van der Waals surface area contributed by atoms with Crippen LogP contribution < -0.4 is 5.32 Å². The van der Waals surface area contributed by atoms with Crippen LogP contribution in [0.3, 0.4) is 0 Å². The summed E-state index contributed by atoms with van der Waals surface area (Å²) in [5, 5.41) is 2.94. The van der Waals surface area contributed by atoms with E-state index < -0.39 is 10.0 Å². The molecule has 2 aliphatic heterocycles. The van der Waals surface area contributed by atoms with E-state index in [0.29, 0.717) is 18.7 Å². The first kappa shape index (κ1) is 21.3. The Morgan fingerprint density at radius 2 is 1.71 bits per heavy atom. The van der Waals surface area contributed by atoms with Crippen molar-refractivity contribution in [2.45, 2.75) is 62.8 Å². The molecule has 0 aromatic heterocycles. The van der Waals surface area contributed by atoms with Crippen molar-refractivity contribution >= 4 is 15.9 Å². The van der Waals surface area contributed by atoms with E-state index in [0.717, 1.165) is 32.2 Å². The normalized spacial score (nSPS) is 22.1. The Balaban J connectivity index is 1.51. The molecule has 156 valence electrons. The van der Waals surface area contributed by atoms with Crippen LogP contribution in [0.25, 0.3) is 0 Å². The van der Waals surface area contributed by atoms with E-state index in [1.807, 2.05) is 6.92 Å². The molecule has 0 bridgehead atoms. The maximum Gasteiger partial charge on any atom is 0.251 e. The maximum atomic E-state index is 12.9. The van der Waals surface area contributed by atoms with E-state index in [1.165, 1.54) is 32.4 Å². The summed E-state index contributed by atoms with van der Waals surface area (Å²) in [4.78, 5) is 15.0. The summed E-state index contributed by atoms with van der Waals surface area (Å²) >= 11 is 0. The topological polar surface area (TPSA) is 69.7 Å². The predicted octanol–water partition coefficient (Wildman–Crippen LogP) is 2.86. The van der Waals surface area contributed by atoms with Gasteiger partial charge in [0.1, 0.15) is 0 Å². The number of carbonyl (C=O) groups is 1. The van der Waals surface area contributed by atoms with Crippen LogP contribution in [0, 0.1) is 0 Å². The molecule has 0 spiro atoms. The van der Waals surface area contributed by atoms with E-state index >= 15 is 0 Å². The molecule has 0 aliphatic carbocycles. The van der Waals surface area contributed by atoms with E-state index in [-0.39, 0.29) is 16.8 Å². The highest BCUT2D eigenvalue weighted by Crippen LogP contribution is 2.25. The molecule has 2 saturated heterocycles. The Morgan fingerprint density at radius 3 is 2.39 bits per heavy atom. The quantitative estimate of drug-likeness (QED) is 0.706. The standard InChI is InChI=1S/C21H33N3O3S/c1-18-8-3-6-17-24(18)28(26,27)20-11-9-19(10-12-20)21(25)22-13-7-16-23-14-4-2-5-15-23/h9-12,18H,2-8,13-17H2,1H3,(H,22,25). The fraction of sp³-hybridized carbons (Fsp3) is 0.667. The molecule has 2 aliphatic rings. The highest BCUT2D eigenvalue weighted by molar-refractivity contribution is 7.89. The van der Waals surface area contributed by atoms with Crippen molar-refractivity contribution in [3.05, 3.63) is 29.8 Å². The molecule has 1 atom stereocenters. The summed E-state index contributed by atoms with van der Waals surface area (Å²) in [7, 11) is -3.49. The average molecular weight is 408 g/mol. The number of nitrogens with one attached hydrogen (secondary N) is 1. The highest BCUT2D eigenvalue weighted by atomic mass is 32.2. The summed E-state index contributed by atoms with van der Waals surface area (Å²) < 4.78 is 27.3. The van der Waals surface area contributed by atoms with Crippen LogP contribution in [0.15, 0.2) is 29.2 Å². The largest absolute Gasteiger partial charge is 0.352 e. The van der Waals surface area contributed by atoms with Gasteiger partial charge in [-0.2, -0.15) is 4.31 Å². The second-order valence-corrected chi connectivity index (χ2v) is 9.89. The molecule has 1 unspecified atom stereocenters. The van der Waals surface area contributed by atoms with Gasteiger partial charge in [-0.1, -0.05) is 12.8 Å². The van der Waals surface area contributed by atoms with E-state index in [2.05, 4.69) is 10.2 Å². The van der Waals surface area contributed by atoms with Crippen molar-refractivity contribution in [3.63, 3.8) is 0 Å². The Morgan fingerprint density at radius 1 is 1.04 bits per heavy atom. The first-order valence-corrected chi connectivity index (χ1v) is 12.0. The first-order chi connectivity index (χ1) is 13.5. The van der Waals surface area contributed by atoms with Gasteiger partial charge in [0.15, 0.2) is 0 Å². The molecule has 6 nitrogen and oxygen atoms in total. The molecule has 2 heterocycles. The molecule has 2 fully saturated rings. The first-order valence-electron chi connectivity index (χ1n) is 10.6. The third kappa shape index (κ3) is 5.33. The number of hydrogen-bond acceptors (Lipinski definition) is 4. The second-order valence-electron chi connectivity index (χ2n) is 8.00. The second kappa shape index (κ2) is 9.85. The number of rotatable bonds is 7. The molecule has 1 N–H and O–H groups in total. The zero-order valence-electron chi connectivity index (χ0n) is 16.9. The molecule has 1 aromatic rings. The number of benzene rings is 1. The summed E-state index contributed by atoms with van der Waals surface area (Å²) in [6.07, 6.45) is 7.69. The predicted molar refractivity (Wildman–Crippen MR) is 111 cm³/mol. The molecular formula is C21H33N3O3S. The lowest BCUT2D eigenvalue weighted by molar-refractivity contribution is 0.0951. The molecule has 1 aromatic carbocycles. The lowest BCUT2D eigenvalue weighted by atomic mass is 10.1. The Bertz CT molecular complexity index is 743. The average Bonchev–Trinajstić information content (AvgIpc) is 2.72. The SMILES string of the molecule is CC1CCCCN1S(=O)(=O)c1ccc(C(=O)NCCCN2CCCCC2)cc1. The van der Waals surface area contributed by atoms with Crippen LogP contribution >= 0.6 is 0 Å². The van der Waals surface area contributed by atoms with E-state index in [1.54, 1.807) is 28.6 Å². The van der Waals surface area contributed by atoms with Crippen molar-refractivity contribution in [2.24, 2.45) is 0 Å². The van der Waals surface area contributed by atoms with Crippen LogP contribution in [0.4, 0.5) is 0 Å². The number of likely N-dealkylation sites (tertiary alicyclic amines) is 1. The molecular weight excluding hydrogens is 374 g/mol. The minimum absolute atomic E-state index is 0.0293. The maximum absolute atomic E-state index is 12.9. The minimum atomic E-state index is -3.49. The summed E-state index contributed by atoms with van der Waals surface area (Å²) in [6.45, 7) is 6.52. The van der Waals surface area contributed by atoms with Crippen molar-refractivity contribution < 1.29 is 13.2 Å². The van der Waals surface area contributed by atoms with Crippen LogP contribution in [-0.4, -0.2) is 62.3 Å². The Labute approximate surface area is 169 Å². The van der Waals surface area contributed by atoms with Gasteiger partial charge in [0.2, 0.25) is 10.0 Å². The lowest BCUT2D eigenvalue weighted by Gasteiger charge is -2.32. The van der Waals surface area contributed by atoms with Crippen molar-refractivity contribution in [3.8, 4) is 0 Å². The molecule has 1 amide bonds. The van der Waals surface area contributed by atoms with Gasteiger partial charge in [-0.25, -0.2) is 8.42 Å². The molecule has 3 rings (SSSR count). The Kier molecular flexibility index (Phi) is 7.48. The van der Waals surface area contributed by atoms with Crippen molar-refractivity contribution in [1.29, 1.82) is 0 Å². The Hall–Kier alpha value is -1.44. The summed E-state index contributed by atoms with van der Waals surface area (Å²) in [5.74, 6) is -0.145. The van der Waals surface area contributed by atoms with Crippen molar-refractivity contribution in [1.82, 2.24) is 14.5 Å². The monoisotopic (exact) mass is 407 g/mol. The highest BCUT2D eigenvalue weighted by Gasteiger charge is 2.30. The third-order valence-electron chi connectivity index (χ3n) is 5.85. The van der Waals surface area contributed by atoms with Gasteiger partial charge >= 0.3 is 0 Å². The third-order valence-corrected chi connectivity index (χ3v) is 7.88. The zero-order valence-corrected chi connectivity index (χ0v) is 17.7. The van der Waals surface area contributed by atoms with Crippen LogP contribution in [0.2, 0.25) is 0 Å². The fourth-order valence-electron chi connectivity index (χ4n) is 4.13. The van der Waals surface area contributed by atoms with Gasteiger partial charge in [-0.3, -0.25) is 4.79 Å². The zero-order chi connectivity index (χ0) is 20.0. The van der Waals surface area contributed by atoms with Crippen molar-refractivity contribution in [2.75, 3.05) is 32.7 Å². The molecule has 0 saturated carbocycles. The van der Waals surface area contributed by atoms with Gasteiger partial charge in [0.05, 0.1) is 4.90 Å². The number of hydrogen-bond donors (Lipinski definition) is 1. The lowest BCUT2D eigenvalue weighted by Crippen LogP contribution is -2.41. The fourth-order valence-corrected chi connectivity index (χ4v) is 5.83. The smallest absolute Gasteiger partial charge is 0.251 e. The van der Waals surface area contributed by atoms with Gasteiger partial charge in [-0.05, 0) is 82.9 Å². The molecule has 28 heavy (non-hydrogen) atoms. The molecule has 7 heteroatoms. The van der Waals surface area contributed by atoms with Gasteiger partial charge in [0.25, 0.3) is 5.91 Å². The van der Waals surface area contributed by atoms with Gasteiger partial charge in [-0.15, -0.1) is 0 Å². The number of nitrogens with zero attached hydrogens (tertiary/aromatic N) is 2. The number of sulfonamides is 1. The van der Waals surface area contributed by atoms with Gasteiger partial charge < -0.3 is 10.2 Å². The number of piperidine rings is 2. The van der Waals surface area contributed by atoms with Crippen LogP contribution in [0.1, 0.15) is 62.2 Å². The minimum Gasteiger partial charge on any atom is -0.352 e.